The van der Waals surface area contributed by atoms with Crippen LogP contribution >= 0.6 is 11.6 Å². The fourth-order valence-electron chi connectivity index (χ4n) is 3.15. The number of fused-ring (bicyclic) bond motifs is 2. The highest BCUT2D eigenvalue weighted by Crippen LogP contribution is 2.25. The first-order chi connectivity index (χ1) is 13.5. The third-order valence-corrected chi connectivity index (χ3v) is 4.66. The number of aromatic nitrogens is 1. The molecule has 0 bridgehead atoms. The lowest BCUT2D eigenvalue weighted by atomic mass is 10.1. The van der Waals surface area contributed by atoms with E-state index in [1.807, 2.05) is 48.5 Å². The Morgan fingerprint density at radius 1 is 1.04 bits per heavy atom. The van der Waals surface area contributed by atoms with Crippen LogP contribution < -0.4 is 16.6 Å². The Balaban J connectivity index is 1.83. The third kappa shape index (κ3) is 3.33. The van der Waals surface area contributed by atoms with Crippen LogP contribution in [0.4, 0.5) is 0 Å². The molecule has 4 aromatic rings. The highest BCUT2D eigenvalue weighted by atomic mass is 35.5. The molecule has 138 valence electrons. The summed E-state index contributed by atoms with van der Waals surface area (Å²) in [5.74, 6) is -0.232. The first-order valence-corrected chi connectivity index (χ1v) is 8.92. The summed E-state index contributed by atoms with van der Waals surface area (Å²) in [5, 5.41) is 9.87. The zero-order chi connectivity index (χ0) is 19.7. The molecule has 1 aromatic heterocycles. The number of hydrogen-bond acceptors (Lipinski definition) is 2. The largest absolute Gasteiger partial charge is 0.365 e. The number of nitrogens with one attached hydrogen (secondary N) is 1. The van der Waals surface area contributed by atoms with Crippen LogP contribution in [0.2, 0.25) is 5.02 Å². The maximum absolute atomic E-state index is 13.2. The molecule has 0 aliphatic rings. The molecule has 28 heavy (non-hydrogen) atoms. The van der Waals surface area contributed by atoms with E-state index in [0.29, 0.717) is 10.6 Å². The number of nitrogens with zero attached hydrogens (tertiary/aromatic N) is 2. The van der Waals surface area contributed by atoms with Crippen molar-refractivity contribution in [3.63, 3.8) is 0 Å². The lowest BCUT2D eigenvalue weighted by Crippen LogP contribution is -2.63. The normalized spacial score (nSPS) is 11.3. The summed E-state index contributed by atoms with van der Waals surface area (Å²) < 4.78 is 1.60. The van der Waals surface area contributed by atoms with E-state index in [2.05, 4.69) is 10.2 Å². The quantitative estimate of drug-likeness (QED) is 0.282. The topological polar surface area (TPSA) is 100 Å². The molecule has 0 aliphatic heterocycles. The van der Waals surface area contributed by atoms with Crippen molar-refractivity contribution in [3.8, 4) is 0 Å². The first kappa shape index (κ1) is 17.8. The van der Waals surface area contributed by atoms with Crippen molar-refractivity contribution < 1.29 is 9.90 Å². The molecule has 0 radical (unpaired) electrons. The summed E-state index contributed by atoms with van der Waals surface area (Å²) in [7, 11) is 0. The Bertz CT molecular complexity index is 1270. The summed E-state index contributed by atoms with van der Waals surface area (Å²) in [6, 6.07) is 18.9. The van der Waals surface area contributed by atoms with E-state index < -0.39 is 0 Å². The van der Waals surface area contributed by atoms with Gasteiger partial charge in [-0.25, -0.2) is 0 Å². The van der Waals surface area contributed by atoms with E-state index in [-0.39, 0.29) is 11.9 Å². The van der Waals surface area contributed by atoms with Gasteiger partial charge in [-0.2, -0.15) is 0 Å². The smallest absolute Gasteiger partial charge is 0.262 e. The highest BCUT2D eigenvalue weighted by Gasteiger charge is 2.16. The average Bonchev–Trinajstić information content (AvgIpc) is 3.04. The van der Waals surface area contributed by atoms with Crippen LogP contribution in [0.5, 0.6) is 0 Å². The predicted molar refractivity (Wildman–Crippen MR) is 113 cm³/mol. The minimum absolute atomic E-state index is 0.0924. The first-order valence-electron chi connectivity index (χ1n) is 8.54. The Kier molecular flexibility index (Phi) is 4.55. The molecule has 5 N–H and O–H groups in total. The second-order valence-electron chi connectivity index (χ2n) is 6.29. The molecule has 0 saturated heterocycles. The Hall–Kier alpha value is -3.64. The zero-order valence-corrected chi connectivity index (χ0v) is 15.5. The van der Waals surface area contributed by atoms with E-state index in [0.717, 1.165) is 27.2 Å². The van der Waals surface area contributed by atoms with Crippen LogP contribution in [-0.2, 0) is 0 Å². The van der Waals surface area contributed by atoms with Crippen molar-refractivity contribution >= 4 is 51.4 Å². The fraction of sp³-hybridized carbons (Fsp3) is 0. The standard InChI is InChI=1S/C21H16ClN5O/c22-17-7-8-19-18(10-17)16(11-25-26-21(23)24)12-27(19)20(28)15-6-5-13-3-1-2-4-14(13)9-15/h1-12H,(H4,23,24,26)/p+1/b25-11+. The molecular weight excluding hydrogens is 374 g/mol. The molecule has 0 saturated carbocycles. The number of rotatable bonds is 3. The molecule has 0 fully saturated rings. The fourth-order valence-corrected chi connectivity index (χ4v) is 3.32. The number of carbonyl (C=O) groups excluding carboxylic acids is 1. The molecule has 7 heteroatoms. The summed E-state index contributed by atoms with van der Waals surface area (Å²) in [5.41, 5.74) is 12.7. The van der Waals surface area contributed by atoms with Gasteiger partial charge in [0, 0.05) is 27.3 Å². The van der Waals surface area contributed by atoms with E-state index in [9.17, 15) is 4.79 Å². The number of halogens is 1. The maximum atomic E-state index is 13.2. The van der Waals surface area contributed by atoms with Gasteiger partial charge in [0.15, 0.2) is 0 Å². The molecule has 6 nitrogen and oxygen atoms in total. The number of carbonyl (C=O) groups is 1. The molecule has 1 heterocycles. The van der Waals surface area contributed by atoms with Gasteiger partial charge in [-0.1, -0.05) is 41.9 Å². The Morgan fingerprint density at radius 3 is 2.61 bits per heavy atom. The minimum Gasteiger partial charge on any atom is -0.365 e. The summed E-state index contributed by atoms with van der Waals surface area (Å²) in [4.78, 5) is 13.2. The van der Waals surface area contributed by atoms with Gasteiger partial charge in [0.1, 0.15) is 0 Å². The zero-order valence-electron chi connectivity index (χ0n) is 14.8. The highest BCUT2D eigenvalue weighted by molar-refractivity contribution is 6.31. The average molecular weight is 391 g/mol. The van der Waals surface area contributed by atoms with Crippen molar-refractivity contribution in [2.24, 2.45) is 16.6 Å². The summed E-state index contributed by atoms with van der Waals surface area (Å²) >= 11 is 6.15. The van der Waals surface area contributed by atoms with Crippen LogP contribution in [-0.4, -0.2) is 22.6 Å². The number of hydrazone groups is 1. The number of guanidine groups is 1. The molecule has 4 rings (SSSR count). The van der Waals surface area contributed by atoms with Crippen molar-refractivity contribution in [2.45, 2.75) is 0 Å². The van der Waals surface area contributed by atoms with E-state index >= 15 is 0 Å². The second-order valence-corrected chi connectivity index (χ2v) is 6.73. The minimum atomic E-state index is -0.139. The number of nitrogens with two attached hydrogens (primary N) is 2. The van der Waals surface area contributed by atoms with Gasteiger partial charge in [0.25, 0.3) is 11.9 Å². The SMILES string of the molecule is NC(N)=N/[NH+]=C/c1cn(C(=O)c2ccc3ccccc3c2)c2ccc(Cl)cc12. The van der Waals surface area contributed by atoms with Crippen LogP contribution in [0.1, 0.15) is 15.9 Å². The molecular formula is C21H17ClN5O+. The maximum Gasteiger partial charge on any atom is 0.262 e. The number of benzene rings is 3. The van der Waals surface area contributed by atoms with Gasteiger partial charge in [-0.3, -0.25) is 9.36 Å². The van der Waals surface area contributed by atoms with Gasteiger partial charge in [0.2, 0.25) is 6.21 Å². The number of hydrogen-bond donors (Lipinski definition) is 3. The van der Waals surface area contributed by atoms with Crippen LogP contribution in [0.25, 0.3) is 21.7 Å². The molecule has 0 aliphatic carbocycles. The van der Waals surface area contributed by atoms with E-state index in [1.165, 1.54) is 0 Å². The van der Waals surface area contributed by atoms with Crippen molar-refractivity contribution in [2.75, 3.05) is 0 Å². The monoisotopic (exact) mass is 390 g/mol. The molecule has 0 spiro atoms. The van der Waals surface area contributed by atoms with Crippen molar-refractivity contribution in [1.82, 2.24) is 4.57 Å². The third-order valence-electron chi connectivity index (χ3n) is 4.43. The van der Waals surface area contributed by atoms with E-state index in [4.69, 9.17) is 23.1 Å². The van der Waals surface area contributed by atoms with Crippen LogP contribution in [0.3, 0.4) is 0 Å². The van der Waals surface area contributed by atoms with Crippen molar-refractivity contribution in [1.29, 1.82) is 0 Å². The molecule has 0 unspecified atom stereocenters. The lowest BCUT2D eigenvalue weighted by Gasteiger charge is -2.06. The van der Waals surface area contributed by atoms with Gasteiger partial charge in [-0.15, -0.1) is 5.10 Å². The summed E-state index contributed by atoms with van der Waals surface area (Å²) in [6.45, 7) is 0. The van der Waals surface area contributed by atoms with Crippen molar-refractivity contribution in [3.05, 3.63) is 83.0 Å². The van der Waals surface area contributed by atoms with Crippen LogP contribution in [0.15, 0.2) is 72.0 Å². The predicted octanol–water partition coefficient (Wildman–Crippen LogP) is 1.82. The summed E-state index contributed by atoms with van der Waals surface area (Å²) in [6.07, 6.45) is 3.34. The molecule has 0 amide bonds. The lowest BCUT2D eigenvalue weighted by molar-refractivity contribution is -0.456. The van der Waals surface area contributed by atoms with Gasteiger partial charge in [0.05, 0.1) is 11.1 Å². The molecule has 3 aromatic carbocycles. The van der Waals surface area contributed by atoms with Gasteiger partial charge >= 0.3 is 0 Å². The van der Waals surface area contributed by atoms with Gasteiger partial charge in [-0.05, 0) is 41.1 Å². The Labute approximate surface area is 165 Å². The van der Waals surface area contributed by atoms with Gasteiger partial charge < -0.3 is 11.5 Å². The van der Waals surface area contributed by atoms with Crippen LogP contribution in [0, 0.1) is 0 Å². The van der Waals surface area contributed by atoms with E-state index in [1.54, 1.807) is 29.1 Å². The Morgan fingerprint density at radius 2 is 1.82 bits per heavy atom. The second kappa shape index (κ2) is 7.17. The molecule has 0 atom stereocenters.